The third-order valence-electron chi connectivity index (χ3n) is 3.65. The maximum absolute atomic E-state index is 13.4. The Hall–Kier alpha value is -2.96. The van der Waals surface area contributed by atoms with E-state index in [-0.39, 0.29) is 35.3 Å². The number of nitriles is 1. The highest BCUT2D eigenvalue weighted by Crippen LogP contribution is 2.31. The molecular formula is C19H21FN4O3S. The molecule has 0 spiro atoms. The molecule has 2 atom stereocenters. The van der Waals surface area contributed by atoms with Gasteiger partial charge < -0.3 is 14.6 Å². The first-order chi connectivity index (χ1) is 13.3. The van der Waals surface area contributed by atoms with Gasteiger partial charge in [0, 0.05) is 18.9 Å². The van der Waals surface area contributed by atoms with Crippen LogP contribution in [0.15, 0.2) is 41.9 Å². The topological polar surface area (TPSA) is 96.2 Å². The van der Waals surface area contributed by atoms with Gasteiger partial charge in [-0.3, -0.25) is 4.79 Å². The first-order valence-corrected chi connectivity index (χ1v) is 9.55. The molecule has 1 aromatic heterocycles. The molecule has 1 aliphatic rings. The van der Waals surface area contributed by atoms with Gasteiger partial charge in [-0.15, -0.1) is 6.58 Å². The van der Waals surface area contributed by atoms with E-state index in [2.05, 4.69) is 16.6 Å². The number of allylic oxidation sites excluding steroid dienone is 1. The molecule has 0 saturated heterocycles. The van der Waals surface area contributed by atoms with Gasteiger partial charge in [-0.05, 0) is 32.0 Å². The van der Waals surface area contributed by atoms with E-state index in [1.807, 2.05) is 13.8 Å². The number of nitrogens with zero attached hydrogens (tertiary/aromatic N) is 2. The van der Waals surface area contributed by atoms with E-state index >= 15 is 0 Å². The van der Waals surface area contributed by atoms with Gasteiger partial charge in [-0.2, -0.15) is 5.26 Å². The van der Waals surface area contributed by atoms with Crippen molar-refractivity contribution in [3.63, 3.8) is 0 Å². The lowest BCUT2D eigenvalue weighted by Crippen LogP contribution is -2.30. The second-order valence-electron chi connectivity index (χ2n) is 6.05. The number of amides is 1. The van der Waals surface area contributed by atoms with Crippen LogP contribution in [-0.4, -0.2) is 27.3 Å². The van der Waals surface area contributed by atoms with Gasteiger partial charge in [0.1, 0.15) is 34.4 Å². The second-order valence-corrected chi connectivity index (χ2v) is 7.26. The second kappa shape index (κ2) is 9.30. The molecule has 0 radical (unpaired) electrons. The number of hydrogen-bond acceptors (Lipinski definition) is 4. The van der Waals surface area contributed by atoms with E-state index in [4.69, 9.17) is 10.00 Å². The highest BCUT2D eigenvalue weighted by Gasteiger charge is 2.28. The molecule has 0 saturated carbocycles. The van der Waals surface area contributed by atoms with Gasteiger partial charge in [0.25, 0.3) is 5.91 Å². The SMILES string of the molecule is C=CC.CC1COc2c(cn(C)c2C(=O)Nc2ccc(F)c(C#N)c2)S(=O)N1. The average Bonchev–Trinajstić information content (AvgIpc) is 2.91. The van der Waals surface area contributed by atoms with Crippen molar-refractivity contribution < 1.29 is 18.1 Å². The molecule has 0 bridgehead atoms. The van der Waals surface area contributed by atoms with E-state index in [9.17, 15) is 13.4 Å². The largest absolute Gasteiger partial charge is 0.488 e. The number of halogens is 1. The van der Waals surface area contributed by atoms with Gasteiger partial charge in [0.05, 0.1) is 11.6 Å². The minimum atomic E-state index is -1.49. The van der Waals surface area contributed by atoms with E-state index in [0.29, 0.717) is 4.90 Å². The van der Waals surface area contributed by atoms with Crippen molar-refractivity contribution in [3.8, 4) is 11.8 Å². The molecule has 1 aliphatic heterocycles. The summed E-state index contributed by atoms with van der Waals surface area (Å²) in [5, 5.41) is 11.5. The summed E-state index contributed by atoms with van der Waals surface area (Å²) < 4.78 is 35.7. The number of rotatable bonds is 2. The molecule has 2 aromatic rings. The molecule has 1 aromatic carbocycles. The minimum Gasteiger partial charge on any atom is -0.488 e. The zero-order valence-corrected chi connectivity index (χ0v) is 16.6. The summed E-state index contributed by atoms with van der Waals surface area (Å²) in [5.41, 5.74) is 0.306. The molecular weight excluding hydrogens is 383 g/mol. The molecule has 2 unspecified atom stereocenters. The van der Waals surface area contributed by atoms with Crippen molar-refractivity contribution in [2.75, 3.05) is 11.9 Å². The number of carbonyl (C=O) groups excluding carboxylic acids is 1. The smallest absolute Gasteiger partial charge is 0.276 e. The van der Waals surface area contributed by atoms with Crippen LogP contribution in [0.1, 0.15) is 29.9 Å². The van der Waals surface area contributed by atoms with Gasteiger partial charge in [-0.1, -0.05) is 6.08 Å². The lowest BCUT2D eigenvalue weighted by molar-refractivity contribution is 0.101. The molecule has 0 aliphatic carbocycles. The Balaban J connectivity index is 0.000000878. The molecule has 148 valence electrons. The maximum Gasteiger partial charge on any atom is 0.276 e. The third kappa shape index (κ3) is 4.65. The number of nitrogens with one attached hydrogen (secondary N) is 2. The van der Waals surface area contributed by atoms with Gasteiger partial charge >= 0.3 is 0 Å². The number of hydrogen-bond donors (Lipinski definition) is 2. The lowest BCUT2D eigenvalue weighted by atomic mass is 10.2. The highest BCUT2D eigenvalue weighted by atomic mass is 32.2. The van der Waals surface area contributed by atoms with Crippen molar-refractivity contribution in [2.45, 2.75) is 24.8 Å². The predicted octanol–water partition coefficient (Wildman–Crippen LogP) is 2.87. The number of anilines is 1. The molecule has 3 rings (SSSR count). The van der Waals surface area contributed by atoms with Crippen LogP contribution in [0.25, 0.3) is 0 Å². The average molecular weight is 404 g/mol. The number of aryl methyl sites for hydroxylation is 1. The van der Waals surface area contributed by atoms with Crippen molar-refractivity contribution in [1.82, 2.24) is 9.29 Å². The third-order valence-corrected chi connectivity index (χ3v) is 4.95. The molecule has 9 heteroatoms. The Morgan fingerprint density at radius 1 is 1.57 bits per heavy atom. The van der Waals surface area contributed by atoms with Crippen LogP contribution in [0.3, 0.4) is 0 Å². The van der Waals surface area contributed by atoms with Crippen LogP contribution in [0, 0.1) is 17.1 Å². The molecule has 28 heavy (non-hydrogen) atoms. The summed E-state index contributed by atoms with van der Waals surface area (Å²) in [5.74, 6) is -0.921. The monoisotopic (exact) mass is 404 g/mol. The van der Waals surface area contributed by atoms with Gasteiger partial charge in [0.15, 0.2) is 11.4 Å². The summed E-state index contributed by atoms with van der Waals surface area (Å²) in [7, 11) is 0.146. The molecule has 0 fully saturated rings. The number of fused-ring (bicyclic) bond motifs is 1. The molecule has 7 nitrogen and oxygen atoms in total. The molecule has 2 heterocycles. The summed E-state index contributed by atoms with van der Waals surface area (Å²) in [6, 6.07) is 5.30. The zero-order chi connectivity index (χ0) is 20.8. The van der Waals surface area contributed by atoms with Crippen molar-refractivity contribution in [1.29, 1.82) is 5.26 Å². The van der Waals surface area contributed by atoms with Crippen LogP contribution in [0.2, 0.25) is 0 Å². The fourth-order valence-electron chi connectivity index (χ4n) is 2.48. The van der Waals surface area contributed by atoms with E-state index in [0.717, 1.165) is 6.07 Å². The fourth-order valence-corrected chi connectivity index (χ4v) is 3.62. The lowest BCUT2D eigenvalue weighted by Gasteiger charge is -2.11. The van der Waals surface area contributed by atoms with E-state index < -0.39 is 22.7 Å². The summed E-state index contributed by atoms with van der Waals surface area (Å²) in [6.07, 6.45) is 3.32. The summed E-state index contributed by atoms with van der Waals surface area (Å²) in [6.45, 7) is 7.34. The van der Waals surface area contributed by atoms with Crippen molar-refractivity contribution >= 4 is 22.6 Å². The van der Waals surface area contributed by atoms with Crippen molar-refractivity contribution in [2.24, 2.45) is 7.05 Å². The Labute approximate surface area is 165 Å². The zero-order valence-electron chi connectivity index (χ0n) is 15.8. The van der Waals surface area contributed by atoms with Gasteiger partial charge in [0.2, 0.25) is 0 Å². The first kappa shape index (κ1) is 21.3. The van der Waals surface area contributed by atoms with Crippen LogP contribution in [0.5, 0.6) is 5.75 Å². The van der Waals surface area contributed by atoms with E-state index in [1.165, 1.54) is 16.7 Å². The predicted molar refractivity (Wildman–Crippen MR) is 105 cm³/mol. The first-order valence-electron chi connectivity index (χ1n) is 8.40. The van der Waals surface area contributed by atoms with Gasteiger partial charge in [-0.25, -0.2) is 13.3 Å². The van der Waals surface area contributed by atoms with E-state index in [1.54, 1.807) is 25.4 Å². The van der Waals surface area contributed by atoms with Crippen LogP contribution >= 0.6 is 0 Å². The Morgan fingerprint density at radius 3 is 2.89 bits per heavy atom. The number of benzene rings is 1. The maximum atomic E-state index is 13.4. The summed E-state index contributed by atoms with van der Waals surface area (Å²) >= 11 is 0. The Morgan fingerprint density at radius 2 is 2.25 bits per heavy atom. The quantitative estimate of drug-likeness (QED) is 0.753. The number of carbonyl (C=O) groups is 1. The number of ether oxygens (including phenoxy) is 1. The number of aromatic nitrogens is 1. The normalized spacial score (nSPS) is 17.7. The molecule has 2 N–H and O–H groups in total. The standard InChI is InChI=1S/C16H15FN4O3S.C3H6/c1-9-8-24-15-13(25(23)20-9)7-21(2)14(15)16(22)19-11-3-4-12(17)10(5-11)6-18;1-3-2/h3-5,7,9,20H,8H2,1-2H3,(H,19,22);3H,1H2,2H3. The Bertz CT molecular complexity index is 965. The van der Waals surface area contributed by atoms with Crippen LogP contribution < -0.4 is 14.8 Å². The fraction of sp³-hybridized carbons (Fsp3) is 0.263. The van der Waals surface area contributed by atoms with Crippen LogP contribution in [-0.2, 0) is 18.0 Å². The summed E-state index contributed by atoms with van der Waals surface area (Å²) in [4.78, 5) is 13.0. The van der Waals surface area contributed by atoms with Crippen molar-refractivity contribution in [3.05, 3.63) is 54.1 Å². The minimum absolute atomic E-state index is 0.135. The highest BCUT2D eigenvalue weighted by molar-refractivity contribution is 7.83. The van der Waals surface area contributed by atoms with Crippen LogP contribution in [0.4, 0.5) is 10.1 Å². The molecule has 1 amide bonds. The Kier molecular flexibility index (Phi) is 7.09.